The third-order valence-electron chi connectivity index (χ3n) is 1.81. The predicted octanol–water partition coefficient (Wildman–Crippen LogP) is 0.0860. The molecule has 0 aliphatic heterocycles. The maximum absolute atomic E-state index is 10.6. The Morgan fingerprint density at radius 3 is 2.43 bits per heavy atom. The second-order valence-corrected chi connectivity index (χ2v) is 4.29. The van der Waals surface area contributed by atoms with Crippen LogP contribution in [0.4, 0.5) is 0 Å². The summed E-state index contributed by atoms with van der Waals surface area (Å²) in [6.07, 6.45) is 1.90. The van der Waals surface area contributed by atoms with Crippen molar-refractivity contribution in [3.8, 4) is 0 Å². The van der Waals surface area contributed by atoms with Crippen molar-refractivity contribution in [3.05, 3.63) is 23.8 Å². The van der Waals surface area contributed by atoms with Crippen LogP contribution in [0.15, 0.2) is 12.4 Å². The number of hydrogen-bond acceptors (Lipinski definition) is 5. The van der Waals surface area contributed by atoms with Crippen LogP contribution < -0.4 is 0 Å². The number of aromatic nitrogens is 2. The summed E-state index contributed by atoms with van der Waals surface area (Å²) in [5, 5.41) is 8.63. The molecule has 0 saturated carbocycles. The van der Waals surface area contributed by atoms with Crippen LogP contribution in [0, 0.1) is 6.92 Å². The Morgan fingerprint density at radius 2 is 2.00 bits per heavy atom. The molecule has 1 rings (SSSR count). The molecule has 78 valence electrons. The van der Waals surface area contributed by atoms with Crippen LogP contribution >= 0.6 is 0 Å². The zero-order valence-corrected chi connectivity index (χ0v) is 8.69. The fourth-order valence-corrected chi connectivity index (χ4v) is 1.20. The third-order valence-corrected chi connectivity index (χ3v) is 2.68. The summed E-state index contributed by atoms with van der Waals surface area (Å²) in [7, 11) is 0. The highest BCUT2D eigenvalue weighted by Gasteiger charge is 2.19. The molecule has 1 heterocycles. The SMILES string of the molecule is Cc1cnc([C@@H](O)[C@@H](C)S(=O)[O-])nc1. The normalized spacial score (nSPS) is 17.4. The second-order valence-electron chi connectivity index (χ2n) is 3.03. The number of aliphatic hydroxyl groups excluding tert-OH is 1. The lowest BCUT2D eigenvalue weighted by Gasteiger charge is -2.19. The lowest BCUT2D eigenvalue weighted by Crippen LogP contribution is -2.22. The average molecular weight is 215 g/mol. The number of nitrogens with zero attached hydrogens (tertiary/aromatic N) is 2. The fraction of sp³-hybridized carbons (Fsp3) is 0.500. The lowest BCUT2D eigenvalue weighted by atomic mass is 10.2. The number of aliphatic hydroxyl groups is 1. The van der Waals surface area contributed by atoms with Gasteiger partial charge in [-0.05, 0) is 30.5 Å². The molecule has 0 amide bonds. The van der Waals surface area contributed by atoms with E-state index in [1.54, 1.807) is 0 Å². The highest BCUT2D eigenvalue weighted by molar-refractivity contribution is 7.79. The zero-order valence-electron chi connectivity index (χ0n) is 7.88. The van der Waals surface area contributed by atoms with Crippen molar-refractivity contribution < 1.29 is 13.9 Å². The molecule has 0 fully saturated rings. The minimum Gasteiger partial charge on any atom is -0.772 e. The molecular formula is C8H11N2O3S-. The Kier molecular flexibility index (Phi) is 3.68. The molecule has 1 aromatic rings. The molecule has 1 N–H and O–H groups in total. The first-order valence-electron chi connectivity index (χ1n) is 4.07. The van der Waals surface area contributed by atoms with Gasteiger partial charge in [0.2, 0.25) is 0 Å². The van der Waals surface area contributed by atoms with Gasteiger partial charge in [0.15, 0.2) is 5.82 Å². The van der Waals surface area contributed by atoms with Gasteiger partial charge < -0.3 is 9.66 Å². The molecule has 1 unspecified atom stereocenters. The van der Waals surface area contributed by atoms with Crippen LogP contribution in [-0.4, -0.2) is 29.1 Å². The van der Waals surface area contributed by atoms with Crippen LogP contribution in [0.2, 0.25) is 0 Å². The number of rotatable bonds is 3. The van der Waals surface area contributed by atoms with E-state index in [2.05, 4.69) is 9.97 Å². The lowest BCUT2D eigenvalue weighted by molar-refractivity contribution is 0.165. The smallest absolute Gasteiger partial charge is 0.157 e. The molecule has 0 bridgehead atoms. The van der Waals surface area contributed by atoms with Crippen LogP contribution in [0.3, 0.4) is 0 Å². The van der Waals surface area contributed by atoms with E-state index in [0.717, 1.165) is 5.56 Å². The standard InChI is InChI=1S/C8H12N2O3S/c1-5-3-9-8(10-4-5)7(11)6(2)14(12)13/h3-4,6-7,11H,1-2H3,(H,12,13)/p-1/t6-,7+/m1/s1. The molecule has 6 heteroatoms. The van der Waals surface area contributed by atoms with E-state index < -0.39 is 22.4 Å². The monoisotopic (exact) mass is 215 g/mol. The first kappa shape index (κ1) is 11.2. The molecule has 0 radical (unpaired) electrons. The van der Waals surface area contributed by atoms with Crippen LogP contribution in [0.1, 0.15) is 24.4 Å². The molecule has 0 aliphatic rings. The molecule has 0 saturated heterocycles. The number of hydrogen-bond donors (Lipinski definition) is 1. The van der Waals surface area contributed by atoms with Crippen molar-refractivity contribution in [1.29, 1.82) is 0 Å². The van der Waals surface area contributed by atoms with Crippen LogP contribution in [0.5, 0.6) is 0 Å². The van der Waals surface area contributed by atoms with Crippen molar-refractivity contribution in [2.75, 3.05) is 0 Å². The van der Waals surface area contributed by atoms with Crippen LogP contribution in [0.25, 0.3) is 0 Å². The Bertz CT molecular complexity index is 328. The van der Waals surface area contributed by atoms with Crippen molar-refractivity contribution >= 4 is 11.1 Å². The third kappa shape index (κ3) is 2.57. The van der Waals surface area contributed by atoms with Crippen molar-refractivity contribution in [1.82, 2.24) is 9.97 Å². The topological polar surface area (TPSA) is 86.1 Å². The largest absolute Gasteiger partial charge is 0.772 e. The van der Waals surface area contributed by atoms with Gasteiger partial charge in [-0.1, -0.05) is 0 Å². The molecule has 0 spiro atoms. The Hall–Kier alpha value is -0.850. The van der Waals surface area contributed by atoms with E-state index in [-0.39, 0.29) is 5.82 Å². The van der Waals surface area contributed by atoms with Gasteiger partial charge in [0, 0.05) is 12.4 Å². The van der Waals surface area contributed by atoms with Crippen molar-refractivity contribution in [3.63, 3.8) is 0 Å². The first-order valence-corrected chi connectivity index (χ1v) is 5.21. The summed E-state index contributed by atoms with van der Waals surface area (Å²) in [6, 6.07) is 0. The van der Waals surface area contributed by atoms with Gasteiger partial charge in [-0.15, -0.1) is 0 Å². The first-order chi connectivity index (χ1) is 6.52. The van der Waals surface area contributed by atoms with E-state index >= 15 is 0 Å². The van der Waals surface area contributed by atoms with E-state index in [9.17, 15) is 13.9 Å². The molecule has 0 aromatic carbocycles. The zero-order chi connectivity index (χ0) is 10.7. The summed E-state index contributed by atoms with van der Waals surface area (Å²) in [4.78, 5) is 7.69. The Morgan fingerprint density at radius 1 is 1.50 bits per heavy atom. The number of aryl methyl sites for hydroxylation is 1. The van der Waals surface area contributed by atoms with E-state index in [1.165, 1.54) is 19.3 Å². The molecule has 3 atom stereocenters. The maximum Gasteiger partial charge on any atom is 0.157 e. The molecule has 5 nitrogen and oxygen atoms in total. The summed E-state index contributed by atoms with van der Waals surface area (Å²) < 4.78 is 21.1. The maximum atomic E-state index is 10.6. The quantitative estimate of drug-likeness (QED) is 0.722. The van der Waals surface area contributed by atoms with Gasteiger partial charge in [-0.3, -0.25) is 4.21 Å². The summed E-state index contributed by atoms with van der Waals surface area (Å²) in [6.45, 7) is 3.21. The van der Waals surface area contributed by atoms with E-state index in [0.29, 0.717) is 0 Å². The molecule has 14 heavy (non-hydrogen) atoms. The van der Waals surface area contributed by atoms with Crippen LogP contribution in [-0.2, 0) is 11.1 Å². The Labute approximate surface area is 84.5 Å². The summed E-state index contributed by atoms with van der Waals surface area (Å²) in [5.41, 5.74) is 0.858. The minimum atomic E-state index is -2.33. The average Bonchev–Trinajstić information content (AvgIpc) is 2.16. The van der Waals surface area contributed by atoms with Gasteiger partial charge in [-0.25, -0.2) is 9.97 Å². The molecule has 0 aliphatic carbocycles. The second kappa shape index (κ2) is 4.59. The predicted molar refractivity (Wildman–Crippen MR) is 50.1 cm³/mol. The van der Waals surface area contributed by atoms with Gasteiger partial charge in [-0.2, -0.15) is 0 Å². The van der Waals surface area contributed by atoms with E-state index in [4.69, 9.17) is 0 Å². The van der Waals surface area contributed by atoms with Crippen molar-refractivity contribution in [2.45, 2.75) is 25.2 Å². The summed E-state index contributed by atoms with van der Waals surface area (Å²) in [5.74, 6) is 0.132. The van der Waals surface area contributed by atoms with Gasteiger partial charge >= 0.3 is 0 Å². The van der Waals surface area contributed by atoms with Gasteiger partial charge in [0.1, 0.15) is 6.10 Å². The van der Waals surface area contributed by atoms with Gasteiger partial charge in [0.05, 0.1) is 5.25 Å². The molecular weight excluding hydrogens is 204 g/mol. The Balaban J connectivity index is 2.84. The minimum absolute atomic E-state index is 0.132. The molecule has 1 aromatic heterocycles. The summed E-state index contributed by atoms with van der Waals surface area (Å²) >= 11 is -2.33. The highest BCUT2D eigenvalue weighted by atomic mass is 32.2. The highest BCUT2D eigenvalue weighted by Crippen LogP contribution is 2.15. The van der Waals surface area contributed by atoms with Gasteiger partial charge in [0.25, 0.3) is 0 Å². The van der Waals surface area contributed by atoms with Crippen molar-refractivity contribution in [2.24, 2.45) is 0 Å². The fourth-order valence-electron chi connectivity index (χ4n) is 0.870. The van der Waals surface area contributed by atoms with E-state index in [1.807, 2.05) is 6.92 Å².